The maximum atomic E-state index is 13.4. The van der Waals surface area contributed by atoms with Crippen LogP contribution in [0.2, 0.25) is 0 Å². The lowest BCUT2D eigenvalue weighted by atomic mass is 9.80. The summed E-state index contributed by atoms with van der Waals surface area (Å²) in [5.41, 5.74) is 1.11. The average Bonchev–Trinajstić information content (AvgIpc) is 3.55. The molecule has 1 N–H and O–H groups in total. The molecule has 0 bridgehead atoms. The minimum atomic E-state index is -3.74. The van der Waals surface area contributed by atoms with Crippen molar-refractivity contribution in [3.8, 4) is 11.5 Å². The van der Waals surface area contributed by atoms with Crippen LogP contribution in [0.1, 0.15) is 37.3 Å². The van der Waals surface area contributed by atoms with Crippen LogP contribution in [0.5, 0.6) is 11.5 Å². The number of esters is 1. The Hall–Kier alpha value is -4.13. The first-order valence-electron chi connectivity index (χ1n) is 17.8. The number of hydrogen-bond acceptors (Lipinski definition) is 12. The highest BCUT2D eigenvalue weighted by atomic mass is 32.2. The Morgan fingerprint density at radius 3 is 2.07 bits per heavy atom. The lowest BCUT2D eigenvalue weighted by Crippen LogP contribution is -2.35. The highest BCUT2D eigenvalue weighted by Gasteiger charge is 2.38. The van der Waals surface area contributed by atoms with Gasteiger partial charge in [-0.15, -0.1) is 0 Å². The predicted octanol–water partition coefficient (Wildman–Crippen LogP) is 4.85. The summed E-state index contributed by atoms with van der Waals surface area (Å²) in [4.78, 5) is 27.1. The Morgan fingerprint density at radius 1 is 0.889 bits per heavy atom. The molecule has 1 aliphatic rings. The predicted molar refractivity (Wildman–Crippen MR) is 201 cm³/mol. The monoisotopic (exact) mass is 788 g/mol. The van der Waals surface area contributed by atoms with Crippen LogP contribution in [0, 0.1) is 6.57 Å². The van der Waals surface area contributed by atoms with Gasteiger partial charge in [0.1, 0.15) is 35.9 Å². The molecular formula is C38H47N2O12PS. The molecule has 3 aromatic rings. The summed E-state index contributed by atoms with van der Waals surface area (Å²) in [5.74, 6) is -0.338. The first-order valence-corrected chi connectivity index (χ1v) is 20.1. The van der Waals surface area contributed by atoms with Gasteiger partial charge in [-0.1, -0.05) is 54.6 Å². The number of carbonyl (C=O) groups is 2. The standard InChI is InChI=1S/C38H47N2O12PS/c1-39-21-23-49-53(51-28-35-34(20-22-47-35)52-37(42)19-18-36(41)40-2)50-25-27-54(43,44)26-24-48-38(29-8-6-5-7-9-29,30-10-14-32(45-3)15-11-30)31-12-16-33(46-4)17-13-31/h5-17,34-35H,18-28H2,2-4H3,(H,40,41)/t34-,35+,53?/m0/s1/i22T/t22-,34-,35+,53?. The van der Waals surface area contributed by atoms with Crippen molar-refractivity contribution in [3.63, 3.8) is 0 Å². The molecule has 14 nitrogen and oxygen atoms in total. The second kappa shape index (κ2) is 21.7. The molecule has 1 unspecified atom stereocenters. The minimum absolute atomic E-state index is 0.0209. The maximum absolute atomic E-state index is 13.4. The summed E-state index contributed by atoms with van der Waals surface area (Å²) < 4.78 is 80.3. The number of carbonyl (C=O) groups excluding carboxylic acids is 2. The van der Waals surface area contributed by atoms with E-state index in [1.165, 1.54) is 7.05 Å². The second-order valence-electron chi connectivity index (χ2n) is 11.9. The lowest BCUT2D eigenvalue weighted by Gasteiger charge is -2.36. The Bertz CT molecular complexity index is 1750. The van der Waals surface area contributed by atoms with Crippen molar-refractivity contribution in [1.82, 2.24) is 5.32 Å². The van der Waals surface area contributed by atoms with E-state index < -0.39 is 48.8 Å². The van der Waals surface area contributed by atoms with Crippen molar-refractivity contribution in [3.05, 3.63) is 107 Å². The molecule has 3 aromatic carbocycles. The number of rotatable bonds is 23. The number of hydrogen-bond donors (Lipinski definition) is 1. The quantitative estimate of drug-likeness (QED) is 0.0459. The first-order chi connectivity index (χ1) is 26.5. The maximum Gasteiger partial charge on any atom is 0.333 e. The molecule has 0 spiro atoms. The number of nitrogens with zero attached hydrogens (tertiary/aromatic N) is 1. The van der Waals surface area contributed by atoms with Crippen LogP contribution >= 0.6 is 8.60 Å². The van der Waals surface area contributed by atoms with Crippen LogP contribution in [0.4, 0.5) is 0 Å². The molecule has 16 heteroatoms. The van der Waals surface area contributed by atoms with Crippen molar-refractivity contribution in [2.24, 2.45) is 0 Å². The molecule has 0 saturated carbocycles. The van der Waals surface area contributed by atoms with E-state index in [1.807, 2.05) is 78.9 Å². The van der Waals surface area contributed by atoms with Crippen LogP contribution in [0.15, 0.2) is 78.9 Å². The molecule has 1 fully saturated rings. The highest BCUT2D eigenvalue weighted by Crippen LogP contribution is 2.42. The van der Waals surface area contributed by atoms with E-state index >= 15 is 0 Å². The van der Waals surface area contributed by atoms with E-state index in [9.17, 15) is 18.0 Å². The largest absolute Gasteiger partial charge is 0.497 e. The zero-order valence-electron chi connectivity index (χ0n) is 31.5. The van der Waals surface area contributed by atoms with Gasteiger partial charge in [0.05, 0.1) is 59.9 Å². The molecule has 0 aliphatic carbocycles. The van der Waals surface area contributed by atoms with Gasteiger partial charge in [0.2, 0.25) is 12.5 Å². The molecule has 4 rings (SSSR count). The summed E-state index contributed by atoms with van der Waals surface area (Å²) in [5, 5.41) is 2.43. The summed E-state index contributed by atoms with van der Waals surface area (Å²) in [6.45, 7) is 5.44. The van der Waals surface area contributed by atoms with Gasteiger partial charge in [0.15, 0.2) is 9.84 Å². The van der Waals surface area contributed by atoms with E-state index in [0.29, 0.717) is 11.5 Å². The van der Waals surface area contributed by atoms with Crippen molar-refractivity contribution in [2.75, 3.05) is 72.3 Å². The van der Waals surface area contributed by atoms with Crippen LogP contribution in [0.3, 0.4) is 0 Å². The molecule has 54 heavy (non-hydrogen) atoms. The Morgan fingerprint density at radius 2 is 1.48 bits per heavy atom. The fourth-order valence-electron chi connectivity index (χ4n) is 5.50. The summed E-state index contributed by atoms with van der Waals surface area (Å²) in [6.07, 6.45) is -1.72. The topological polar surface area (TPSA) is 159 Å². The van der Waals surface area contributed by atoms with Crippen molar-refractivity contribution in [2.45, 2.75) is 37.1 Å². The van der Waals surface area contributed by atoms with Crippen LogP contribution < -0.4 is 14.8 Å². The van der Waals surface area contributed by atoms with Gasteiger partial charge in [-0.3, -0.25) is 9.59 Å². The number of amides is 1. The van der Waals surface area contributed by atoms with Crippen molar-refractivity contribution < 1.29 is 56.6 Å². The Balaban J connectivity index is 1.41. The van der Waals surface area contributed by atoms with E-state index in [0.717, 1.165) is 16.7 Å². The smallest absolute Gasteiger partial charge is 0.333 e. The van der Waals surface area contributed by atoms with Crippen molar-refractivity contribution in [1.29, 1.82) is 0 Å². The zero-order chi connectivity index (χ0) is 39.7. The van der Waals surface area contributed by atoms with Gasteiger partial charge < -0.3 is 47.4 Å². The molecule has 4 atom stereocenters. The van der Waals surface area contributed by atoms with E-state index in [-0.39, 0.29) is 69.6 Å². The number of benzene rings is 3. The highest BCUT2D eigenvalue weighted by molar-refractivity contribution is 7.91. The molecule has 1 heterocycles. The minimum Gasteiger partial charge on any atom is -0.497 e. The third kappa shape index (κ3) is 12.5. The third-order valence-corrected chi connectivity index (χ3v) is 11.1. The van der Waals surface area contributed by atoms with Gasteiger partial charge in [0.25, 0.3) is 0 Å². The van der Waals surface area contributed by atoms with Gasteiger partial charge >= 0.3 is 14.6 Å². The van der Waals surface area contributed by atoms with Gasteiger partial charge in [-0.25, -0.2) is 15.0 Å². The molecular weight excluding hydrogens is 739 g/mol. The number of methoxy groups -OCH3 is 2. The molecule has 292 valence electrons. The van der Waals surface area contributed by atoms with Crippen molar-refractivity contribution >= 4 is 30.3 Å². The van der Waals surface area contributed by atoms with E-state index in [4.69, 9.17) is 45.2 Å². The van der Waals surface area contributed by atoms with Gasteiger partial charge in [-0.2, -0.15) is 0 Å². The average molecular weight is 789 g/mol. The van der Waals surface area contributed by atoms with Crippen LogP contribution in [-0.2, 0) is 52.8 Å². The van der Waals surface area contributed by atoms with Crippen LogP contribution in [-0.4, -0.2) is 105 Å². The fraction of sp³-hybridized carbons (Fsp3) is 0.447. The zero-order valence-corrected chi connectivity index (χ0v) is 32.2. The molecule has 1 aliphatic heterocycles. The number of nitrogens with one attached hydrogen (secondary N) is 1. The van der Waals surface area contributed by atoms with Gasteiger partial charge in [-0.05, 0) is 41.0 Å². The number of sulfone groups is 1. The summed E-state index contributed by atoms with van der Waals surface area (Å²) in [7, 11) is -1.26. The van der Waals surface area contributed by atoms with Gasteiger partial charge in [0, 0.05) is 19.9 Å². The second-order valence-corrected chi connectivity index (χ2v) is 15.4. The first kappa shape index (κ1) is 41.0. The van der Waals surface area contributed by atoms with Crippen LogP contribution in [0.25, 0.3) is 4.85 Å². The summed E-state index contributed by atoms with van der Waals surface area (Å²) in [6, 6.07) is 24.3. The Labute approximate surface area is 319 Å². The third-order valence-electron chi connectivity index (χ3n) is 8.35. The normalized spacial score (nSPS) is 17.9. The molecule has 1 amide bonds. The fourth-order valence-corrected chi connectivity index (χ4v) is 7.46. The molecule has 0 radical (unpaired) electrons. The lowest BCUT2D eigenvalue weighted by molar-refractivity contribution is -0.153. The molecule has 0 aromatic heterocycles. The molecule has 1 saturated heterocycles. The Kier molecular flexibility index (Phi) is 16.5. The number of ether oxygens (including phenoxy) is 5. The summed E-state index contributed by atoms with van der Waals surface area (Å²) >= 11 is 0. The van der Waals surface area contributed by atoms with E-state index in [2.05, 4.69) is 10.2 Å². The van der Waals surface area contributed by atoms with E-state index in [1.54, 1.807) is 14.2 Å². The SMILES string of the molecule is [3H][C@H]1C[C@H](OC(=O)CCC(=O)NC)[C@@H](COP(OCC[N+]#[C-])OCCS(=O)(=O)CCOC(c2ccccc2)(c2ccc(OC)cc2)c2ccc(OC)cc2)O1.